The van der Waals surface area contributed by atoms with Crippen molar-refractivity contribution in [1.82, 2.24) is 0 Å². The zero-order chi connectivity index (χ0) is 12.6. The minimum atomic E-state index is -4.47. The highest BCUT2D eigenvalue weighted by atomic mass is 32.2. The van der Waals surface area contributed by atoms with Gasteiger partial charge in [-0.1, -0.05) is 19.3 Å². The third-order valence-corrected chi connectivity index (χ3v) is 2.87. The molecule has 7 heteroatoms. The van der Waals surface area contributed by atoms with Crippen molar-refractivity contribution in [2.24, 2.45) is 0 Å². The number of alkyl halides is 3. The molecule has 0 aromatic rings. The Bertz CT molecular complexity index is 269. The predicted molar refractivity (Wildman–Crippen MR) is 55.3 cm³/mol. The quantitative estimate of drug-likeness (QED) is 0.513. The van der Waals surface area contributed by atoms with Crippen LogP contribution in [0.4, 0.5) is 13.2 Å². The third-order valence-electron chi connectivity index (χ3n) is 2.13. The molecule has 2 atom stereocenters. The molecule has 0 heterocycles. The van der Waals surface area contributed by atoms with Crippen molar-refractivity contribution in [3.8, 4) is 0 Å². The Hall–Kier alpha value is -0.300. The second-order valence-electron chi connectivity index (χ2n) is 3.67. The van der Waals surface area contributed by atoms with Gasteiger partial charge in [0.25, 0.3) is 10.1 Å². The Morgan fingerprint density at radius 1 is 1.00 bits per heavy atom. The average Bonchev–Trinajstić information content (AvgIpc) is 2.14. The molecule has 0 saturated carbocycles. The highest BCUT2D eigenvalue weighted by Gasteiger charge is 2.25. The van der Waals surface area contributed by atoms with Crippen molar-refractivity contribution in [1.29, 1.82) is 0 Å². The van der Waals surface area contributed by atoms with E-state index >= 15 is 0 Å². The monoisotopic (exact) mass is 262 g/mol. The molecule has 1 N–H and O–H groups in total. The first kappa shape index (κ1) is 15.7. The summed E-state index contributed by atoms with van der Waals surface area (Å²) in [6.45, 7) is -0.423. The predicted octanol–water partition coefficient (Wildman–Crippen LogP) is 2.47. The SMILES string of the molecule is O=S(=O)(O)CC(F)C(F)CCCCCCF. The van der Waals surface area contributed by atoms with E-state index in [2.05, 4.69) is 0 Å². The Balaban J connectivity index is 3.67. The second-order valence-corrected chi connectivity index (χ2v) is 5.17. The third kappa shape index (κ3) is 8.96. The van der Waals surface area contributed by atoms with Crippen LogP contribution in [0.1, 0.15) is 32.1 Å². The van der Waals surface area contributed by atoms with E-state index in [0.29, 0.717) is 25.7 Å². The van der Waals surface area contributed by atoms with Gasteiger partial charge in [0, 0.05) is 0 Å². The molecule has 0 aromatic heterocycles. The Morgan fingerprint density at radius 3 is 2.06 bits per heavy atom. The summed E-state index contributed by atoms with van der Waals surface area (Å²) < 4.78 is 66.4. The van der Waals surface area contributed by atoms with Crippen molar-refractivity contribution in [2.75, 3.05) is 12.4 Å². The Morgan fingerprint density at radius 2 is 1.56 bits per heavy atom. The Labute approximate surface area is 93.8 Å². The van der Waals surface area contributed by atoms with Gasteiger partial charge in [0.1, 0.15) is 18.1 Å². The van der Waals surface area contributed by atoms with Crippen LogP contribution in [0.15, 0.2) is 0 Å². The largest absolute Gasteiger partial charge is 0.285 e. The summed E-state index contributed by atoms with van der Waals surface area (Å²) >= 11 is 0. The van der Waals surface area contributed by atoms with Crippen LogP contribution in [0.5, 0.6) is 0 Å². The number of hydrogen-bond acceptors (Lipinski definition) is 2. The summed E-state index contributed by atoms with van der Waals surface area (Å²) in [4.78, 5) is 0. The van der Waals surface area contributed by atoms with Gasteiger partial charge < -0.3 is 0 Å². The topological polar surface area (TPSA) is 54.4 Å². The fraction of sp³-hybridized carbons (Fsp3) is 1.00. The zero-order valence-corrected chi connectivity index (χ0v) is 9.73. The van der Waals surface area contributed by atoms with E-state index < -0.39 is 34.9 Å². The molecule has 0 aromatic carbocycles. The molecule has 0 saturated heterocycles. The molecule has 0 fully saturated rings. The van der Waals surface area contributed by atoms with E-state index in [1.54, 1.807) is 0 Å². The van der Waals surface area contributed by atoms with E-state index in [-0.39, 0.29) is 6.42 Å². The van der Waals surface area contributed by atoms with E-state index in [4.69, 9.17) is 4.55 Å². The number of hydrogen-bond donors (Lipinski definition) is 1. The van der Waals surface area contributed by atoms with Gasteiger partial charge in [-0.25, -0.2) is 8.78 Å². The van der Waals surface area contributed by atoms with Gasteiger partial charge in [0.05, 0.1) is 6.67 Å². The van der Waals surface area contributed by atoms with E-state index in [9.17, 15) is 21.6 Å². The lowest BCUT2D eigenvalue weighted by molar-refractivity contribution is 0.169. The number of halogens is 3. The molecule has 0 aliphatic heterocycles. The maximum absolute atomic E-state index is 13.0. The first-order valence-corrected chi connectivity index (χ1v) is 6.77. The lowest BCUT2D eigenvalue weighted by atomic mass is 10.1. The van der Waals surface area contributed by atoms with E-state index in [1.165, 1.54) is 0 Å². The molecule has 98 valence electrons. The van der Waals surface area contributed by atoms with Crippen molar-refractivity contribution < 1.29 is 26.1 Å². The van der Waals surface area contributed by atoms with Crippen LogP contribution in [-0.4, -0.2) is 37.7 Å². The van der Waals surface area contributed by atoms with Gasteiger partial charge >= 0.3 is 0 Å². The number of unbranched alkanes of at least 4 members (excludes halogenated alkanes) is 3. The molecule has 3 nitrogen and oxygen atoms in total. The van der Waals surface area contributed by atoms with Crippen LogP contribution in [0, 0.1) is 0 Å². The van der Waals surface area contributed by atoms with Gasteiger partial charge in [0.2, 0.25) is 0 Å². The molecule has 16 heavy (non-hydrogen) atoms. The first-order valence-electron chi connectivity index (χ1n) is 5.16. The summed E-state index contributed by atoms with van der Waals surface area (Å²) in [5.74, 6) is -1.21. The van der Waals surface area contributed by atoms with Gasteiger partial charge in [0.15, 0.2) is 0 Å². The van der Waals surface area contributed by atoms with Crippen LogP contribution in [0.2, 0.25) is 0 Å². The van der Waals surface area contributed by atoms with Crippen LogP contribution in [0.3, 0.4) is 0 Å². The summed E-state index contributed by atoms with van der Waals surface area (Å²) in [7, 11) is -4.47. The zero-order valence-electron chi connectivity index (χ0n) is 8.91. The normalized spacial score (nSPS) is 16.0. The molecule has 0 bridgehead atoms. The second kappa shape index (κ2) is 7.89. The minimum absolute atomic E-state index is 0.108. The summed E-state index contributed by atoms with van der Waals surface area (Å²) in [5.41, 5.74) is 0. The average molecular weight is 262 g/mol. The highest BCUT2D eigenvalue weighted by Crippen LogP contribution is 2.15. The van der Waals surface area contributed by atoms with Crippen molar-refractivity contribution in [3.05, 3.63) is 0 Å². The maximum Gasteiger partial charge on any atom is 0.267 e. The van der Waals surface area contributed by atoms with Crippen LogP contribution < -0.4 is 0 Å². The molecular weight excluding hydrogens is 245 g/mol. The lowest BCUT2D eigenvalue weighted by Crippen LogP contribution is -2.26. The van der Waals surface area contributed by atoms with Crippen LogP contribution in [0.25, 0.3) is 0 Å². The molecule has 0 aliphatic carbocycles. The highest BCUT2D eigenvalue weighted by molar-refractivity contribution is 7.85. The maximum atomic E-state index is 13.0. The number of rotatable bonds is 9. The molecule has 2 unspecified atom stereocenters. The fourth-order valence-electron chi connectivity index (χ4n) is 1.27. The van der Waals surface area contributed by atoms with Crippen molar-refractivity contribution in [2.45, 2.75) is 44.4 Å². The van der Waals surface area contributed by atoms with Crippen molar-refractivity contribution >= 4 is 10.1 Å². The Kier molecular flexibility index (Phi) is 7.74. The summed E-state index contributed by atoms with van der Waals surface area (Å²) in [6, 6.07) is 0. The van der Waals surface area contributed by atoms with Gasteiger partial charge in [-0.2, -0.15) is 8.42 Å². The minimum Gasteiger partial charge on any atom is -0.285 e. The van der Waals surface area contributed by atoms with Gasteiger partial charge in [-0.05, 0) is 12.8 Å². The van der Waals surface area contributed by atoms with E-state index in [0.717, 1.165) is 0 Å². The fourth-order valence-corrected chi connectivity index (χ4v) is 1.89. The molecular formula is C9H17F3O3S. The molecule has 0 spiro atoms. The molecule has 0 amide bonds. The molecule has 0 aliphatic rings. The van der Waals surface area contributed by atoms with Crippen LogP contribution >= 0.6 is 0 Å². The standard InChI is InChI=1S/C9H17F3O3S/c10-6-4-2-1-3-5-8(11)9(12)7-16(13,14)15/h8-9H,1-7H2,(H,13,14,15). The summed E-state index contributed by atoms with van der Waals surface area (Å²) in [5, 5.41) is 0. The first-order chi connectivity index (χ1) is 7.37. The van der Waals surface area contributed by atoms with Gasteiger partial charge in [-0.3, -0.25) is 8.94 Å². The van der Waals surface area contributed by atoms with Gasteiger partial charge in [-0.15, -0.1) is 0 Å². The van der Waals surface area contributed by atoms with Crippen molar-refractivity contribution in [3.63, 3.8) is 0 Å². The lowest BCUT2D eigenvalue weighted by Gasteiger charge is -2.11. The summed E-state index contributed by atoms with van der Waals surface area (Å²) in [6.07, 6.45) is -2.22. The molecule has 0 rings (SSSR count). The van der Waals surface area contributed by atoms with Crippen LogP contribution in [-0.2, 0) is 10.1 Å². The van der Waals surface area contributed by atoms with E-state index in [1.807, 2.05) is 0 Å². The smallest absolute Gasteiger partial charge is 0.267 e. The molecule has 0 radical (unpaired) electrons.